The molecule has 1 aromatic rings. The van der Waals surface area contributed by atoms with Crippen LogP contribution in [0.2, 0.25) is 0 Å². The van der Waals surface area contributed by atoms with Crippen LogP contribution in [0.5, 0.6) is 0 Å². The molecule has 3 N–H and O–H groups in total. The van der Waals surface area contributed by atoms with Gasteiger partial charge in [-0.3, -0.25) is 0 Å². The van der Waals surface area contributed by atoms with Gasteiger partial charge in [-0.2, -0.15) is 0 Å². The summed E-state index contributed by atoms with van der Waals surface area (Å²) in [5, 5.41) is 11.3. The van der Waals surface area contributed by atoms with E-state index in [9.17, 15) is 4.39 Å². The van der Waals surface area contributed by atoms with Crippen LogP contribution in [0.1, 0.15) is 11.1 Å². The monoisotopic (exact) mass is 246 g/mol. The van der Waals surface area contributed by atoms with E-state index in [1.54, 1.807) is 6.92 Å². The minimum atomic E-state index is -0.332. The second kappa shape index (κ2) is 3.74. The maximum atomic E-state index is 13.0. The SMILES string of the molecule is Cc1cc(C(N)=NO)c(Br)cc1F. The maximum Gasteiger partial charge on any atom is 0.171 e. The molecule has 70 valence electrons. The zero-order chi connectivity index (χ0) is 10.0. The summed E-state index contributed by atoms with van der Waals surface area (Å²) in [6.07, 6.45) is 0. The van der Waals surface area contributed by atoms with E-state index in [0.717, 1.165) is 0 Å². The lowest BCUT2D eigenvalue weighted by Gasteiger charge is -2.04. The summed E-state index contributed by atoms with van der Waals surface area (Å²) in [4.78, 5) is 0. The van der Waals surface area contributed by atoms with Gasteiger partial charge in [0.05, 0.1) is 0 Å². The van der Waals surface area contributed by atoms with Crippen LogP contribution < -0.4 is 5.73 Å². The fourth-order valence-corrected chi connectivity index (χ4v) is 1.43. The molecule has 0 saturated carbocycles. The average molecular weight is 247 g/mol. The van der Waals surface area contributed by atoms with E-state index < -0.39 is 0 Å². The number of hydrogen-bond donors (Lipinski definition) is 2. The minimum absolute atomic E-state index is 0.0463. The van der Waals surface area contributed by atoms with E-state index >= 15 is 0 Å². The predicted octanol–water partition coefficient (Wildman–Crippen LogP) is 1.99. The van der Waals surface area contributed by atoms with Crippen molar-refractivity contribution in [3.8, 4) is 0 Å². The molecule has 5 heteroatoms. The van der Waals surface area contributed by atoms with Crippen LogP contribution in [-0.4, -0.2) is 11.0 Å². The lowest BCUT2D eigenvalue weighted by Crippen LogP contribution is -2.14. The standard InChI is InChI=1S/C8H8BrFN2O/c1-4-2-5(8(11)12-13)6(9)3-7(4)10/h2-3,13H,1H3,(H2,11,12). The zero-order valence-corrected chi connectivity index (χ0v) is 8.47. The van der Waals surface area contributed by atoms with Crippen LogP contribution in [-0.2, 0) is 0 Å². The highest BCUT2D eigenvalue weighted by Gasteiger charge is 2.08. The molecule has 0 bridgehead atoms. The molecule has 13 heavy (non-hydrogen) atoms. The Morgan fingerprint density at radius 3 is 2.77 bits per heavy atom. The first-order valence-corrected chi connectivity index (χ1v) is 4.29. The molecule has 3 nitrogen and oxygen atoms in total. The maximum absolute atomic E-state index is 13.0. The third-order valence-electron chi connectivity index (χ3n) is 1.63. The molecule has 0 spiro atoms. The van der Waals surface area contributed by atoms with Gasteiger partial charge in [-0.25, -0.2) is 4.39 Å². The third-order valence-corrected chi connectivity index (χ3v) is 2.29. The topological polar surface area (TPSA) is 58.6 Å². The number of rotatable bonds is 1. The van der Waals surface area contributed by atoms with E-state index in [4.69, 9.17) is 10.9 Å². The number of hydrogen-bond acceptors (Lipinski definition) is 2. The van der Waals surface area contributed by atoms with Crippen LogP contribution in [0, 0.1) is 12.7 Å². The smallest absolute Gasteiger partial charge is 0.171 e. The summed E-state index contributed by atoms with van der Waals surface area (Å²) in [5.41, 5.74) is 6.28. The van der Waals surface area contributed by atoms with Gasteiger partial charge in [-0.1, -0.05) is 5.16 Å². The Morgan fingerprint density at radius 1 is 1.62 bits per heavy atom. The second-order valence-electron chi connectivity index (χ2n) is 2.57. The number of benzene rings is 1. The van der Waals surface area contributed by atoms with Crippen molar-refractivity contribution >= 4 is 21.8 Å². The zero-order valence-electron chi connectivity index (χ0n) is 6.88. The Balaban J connectivity index is 3.32. The molecule has 0 radical (unpaired) electrons. The molecule has 0 aliphatic carbocycles. The average Bonchev–Trinajstić information content (AvgIpc) is 2.10. The van der Waals surface area contributed by atoms with Crippen molar-refractivity contribution in [2.24, 2.45) is 10.9 Å². The summed E-state index contributed by atoms with van der Waals surface area (Å²) in [6, 6.07) is 2.79. The number of amidine groups is 1. The van der Waals surface area contributed by atoms with Crippen LogP contribution in [0.3, 0.4) is 0 Å². The predicted molar refractivity (Wildman–Crippen MR) is 51.3 cm³/mol. The molecule has 0 heterocycles. The summed E-state index contributed by atoms with van der Waals surface area (Å²) in [7, 11) is 0. The molecule has 0 fully saturated rings. The summed E-state index contributed by atoms with van der Waals surface area (Å²) < 4.78 is 13.4. The first-order valence-electron chi connectivity index (χ1n) is 3.49. The normalized spacial score (nSPS) is 11.8. The van der Waals surface area contributed by atoms with Gasteiger partial charge in [0.25, 0.3) is 0 Å². The van der Waals surface area contributed by atoms with Crippen LogP contribution in [0.4, 0.5) is 4.39 Å². The van der Waals surface area contributed by atoms with Crippen molar-refractivity contribution in [2.75, 3.05) is 0 Å². The Kier molecular flexibility index (Phi) is 2.87. The molecule has 0 aromatic heterocycles. The fourth-order valence-electron chi connectivity index (χ4n) is 0.907. The second-order valence-corrected chi connectivity index (χ2v) is 3.42. The molecular weight excluding hydrogens is 239 g/mol. The summed E-state index contributed by atoms with van der Waals surface area (Å²) >= 11 is 3.11. The van der Waals surface area contributed by atoms with Crippen molar-refractivity contribution in [1.29, 1.82) is 0 Å². The van der Waals surface area contributed by atoms with Gasteiger partial charge in [0, 0.05) is 10.0 Å². The number of nitrogens with two attached hydrogens (primary N) is 1. The Labute approximate surface area is 83.2 Å². The van der Waals surface area contributed by atoms with E-state index in [2.05, 4.69) is 21.1 Å². The largest absolute Gasteiger partial charge is 0.409 e. The number of nitrogens with zero attached hydrogens (tertiary/aromatic N) is 1. The quantitative estimate of drug-likeness (QED) is 0.345. The third kappa shape index (κ3) is 1.98. The van der Waals surface area contributed by atoms with E-state index in [0.29, 0.717) is 15.6 Å². The lowest BCUT2D eigenvalue weighted by molar-refractivity contribution is 0.318. The molecule has 0 saturated heterocycles. The Bertz CT molecular complexity index is 365. The van der Waals surface area contributed by atoms with Crippen LogP contribution in [0.25, 0.3) is 0 Å². The number of oxime groups is 1. The molecule has 0 atom stereocenters. The van der Waals surface area contributed by atoms with Crippen molar-refractivity contribution in [3.63, 3.8) is 0 Å². The Hall–Kier alpha value is -1.10. The van der Waals surface area contributed by atoms with Gasteiger partial charge in [0.15, 0.2) is 5.84 Å². The summed E-state index contributed by atoms with van der Waals surface area (Å²) in [5.74, 6) is -0.378. The van der Waals surface area contributed by atoms with Gasteiger partial charge in [0.1, 0.15) is 5.82 Å². The van der Waals surface area contributed by atoms with Gasteiger partial charge in [-0.05, 0) is 40.5 Å². The lowest BCUT2D eigenvalue weighted by atomic mass is 10.1. The molecule has 1 rings (SSSR count). The van der Waals surface area contributed by atoms with Crippen molar-refractivity contribution < 1.29 is 9.60 Å². The molecular formula is C8H8BrFN2O. The number of halogens is 2. The minimum Gasteiger partial charge on any atom is -0.409 e. The first kappa shape index (κ1) is 9.98. The highest BCUT2D eigenvalue weighted by molar-refractivity contribution is 9.10. The molecule has 0 aliphatic heterocycles. The highest BCUT2D eigenvalue weighted by atomic mass is 79.9. The molecule has 0 amide bonds. The van der Waals surface area contributed by atoms with E-state index in [-0.39, 0.29) is 11.7 Å². The number of aryl methyl sites for hydroxylation is 1. The van der Waals surface area contributed by atoms with E-state index in [1.807, 2.05) is 0 Å². The first-order chi connectivity index (χ1) is 6.06. The van der Waals surface area contributed by atoms with Gasteiger partial charge >= 0.3 is 0 Å². The molecule has 1 aromatic carbocycles. The van der Waals surface area contributed by atoms with E-state index in [1.165, 1.54) is 12.1 Å². The summed E-state index contributed by atoms with van der Waals surface area (Å²) in [6.45, 7) is 1.61. The van der Waals surface area contributed by atoms with Gasteiger partial charge in [0.2, 0.25) is 0 Å². The molecule has 0 unspecified atom stereocenters. The van der Waals surface area contributed by atoms with Gasteiger partial charge < -0.3 is 10.9 Å². The van der Waals surface area contributed by atoms with Crippen LogP contribution >= 0.6 is 15.9 Å². The fraction of sp³-hybridized carbons (Fsp3) is 0.125. The van der Waals surface area contributed by atoms with Crippen molar-refractivity contribution in [2.45, 2.75) is 6.92 Å². The van der Waals surface area contributed by atoms with Gasteiger partial charge in [-0.15, -0.1) is 0 Å². The molecule has 0 aliphatic rings. The van der Waals surface area contributed by atoms with Crippen molar-refractivity contribution in [1.82, 2.24) is 0 Å². The highest BCUT2D eigenvalue weighted by Crippen LogP contribution is 2.20. The van der Waals surface area contributed by atoms with Crippen LogP contribution in [0.15, 0.2) is 21.8 Å². The Morgan fingerprint density at radius 2 is 2.23 bits per heavy atom. The van der Waals surface area contributed by atoms with Crippen molar-refractivity contribution in [3.05, 3.63) is 33.5 Å².